The van der Waals surface area contributed by atoms with Crippen molar-refractivity contribution in [2.45, 2.75) is 24.7 Å². The van der Waals surface area contributed by atoms with Gasteiger partial charge in [-0.05, 0) is 30.5 Å². The van der Waals surface area contributed by atoms with Crippen molar-refractivity contribution >= 4 is 0 Å². The van der Waals surface area contributed by atoms with E-state index >= 15 is 0 Å². The minimum absolute atomic E-state index is 0.00458. The van der Waals surface area contributed by atoms with Gasteiger partial charge in [0.2, 0.25) is 0 Å². The van der Waals surface area contributed by atoms with Crippen molar-refractivity contribution in [1.29, 1.82) is 0 Å². The SMILES string of the molecule is COc1cc(F)cc(C2(CN)CCC2)c1. The van der Waals surface area contributed by atoms with Crippen LogP contribution in [0.2, 0.25) is 0 Å². The fourth-order valence-electron chi connectivity index (χ4n) is 2.20. The van der Waals surface area contributed by atoms with Crippen LogP contribution < -0.4 is 10.5 Å². The van der Waals surface area contributed by atoms with Gasteiger partial charge in [-0.25, -0.2) is 4.39 Å². The molecular weight excluding hydrogens is 193 g/mol. The highest BCUT2D eigenvalue weighted by molar-refractivity contribution is 5.36. The maximum absolute atomic E-state index is 13.3. The fraction of sp³-hybridized carbons (Fsp3) is 0.500. The van der Waals surface area contributed by atoms with Gasteiger partial charge in [0.25, 0.3) is 0 Å². The van der Waals surface area contributed by atoms with Crippen LogP contribution in [0.3, 0.4) is 0 Å². The molecule has 0 heterocycles. The molecule has 0 radical (unpaired) electrons. The molecule has 0 spiro atoms. The number of ether oxygens (including phenoxy) is 1. The maximum Gasteiger partial charge on any atom is 0.127 e. The van der Waals surface area contributed by atoms with Crippen LogP contribution in [0.15, 0.2) is 18.2 Å². The van der Waals surface area contributed by atoms with E-state index in [2.05, 4.69) is 0 Å². The predicted molar refractivity (Wildman–Crippen MR) is 57.5 cm³/mol. The van der Waals surface area contributed by atoms with Crippen molar-refractivity contribution in [2.75, 3.05) is 13.7 Å². The van der Waals surface area contributed by atoms with Gasteiger partial charge in [0.05, 0.1) is 7.11 Å². The zero-order chi connectivity index (χ0) is 10.9. The van der Waals surface area contributed by atoms with Crippen molar-refractivity contribution in [3.63, 3.8) is 0 Å². The zero-order valence-corrected chi connectivity index (χ0v) is 8.92. The number of rotatable bonds is 3. The second-order valence-electron chi connectivity index (χ2n) is 4.22. The molecule has 0 saturated heterocycles. The van der Waals surface area contributed by atoms with E-state index in [-0.39, 0.29) is 11.2 Å². The van der Waals surface area contributed by atoms with Crippen LogP contribution in [0.25, 0.3) is 0 Å². The van der Waals surface area contributed by atoms with Crippen molar-refractivity contribution < 1.29 is 9.13 Å². The molecule has 0 unspecified atom stereocenters. The lowest BCUT2D eigenvalue weighted by Crippen LogP contribution is -2.41. The van der Waals surface area contributed by atoms with Crippen molar-refractivity contribution in [3.8, 4) is 5.75 Å². The summed E-state index contributed by atoms with van der Waals surface area (Å²) in [5.41, 5.74) is 6.75. The monoisotopic (exact) mass is 209 g/mol. The quantitative estimate of drug-likeness (QED) is 0.828. The fourth-order valence-corrected chi connectivity index (χ4v) is 2.20. The molecule has 1 aliphatic carbocycles. The van der Waals surface area contributed by atoms with Gasteiger partial charge < -0.3 is 10.5 Å². The summed E-state index contributed by atoms with van der Waals surface area (Å²) in [6, 6.07) is 4.87. The molecule has 1 aromatic rings. The lowest BCUT2D eigenvalue weighted by Gasteiger charge is -2.41. The Morgan fingerprint density at radius 2 is 2.13 bits per heavy atom. The van der Waals surface area contributed by atoms with Gasteiger partial charge in [-0.1, -0.05) is 6.42 Å². The van der Waals surface area contributed by atoms with E-state index in [1.54, 1.807) is 13.2 Å². The number of nitrogens with two attached hydrogens (primary N) is 1. The van der Waals surface area contributed by atoms with Crippen LogP contribution in [0.1, 0.15) is 24.8 Å². The summed E-state index contributed by atoms with van der Waals surface area (Å²) in [6.07, 6.45) is 3.28. The molecule has 0 amide bonds. The number of hydrogen-bond acceptors (Lipinski definition) is 2. The molecule has 0 aliphatic heterocycles. The van der Waals surface area contributed by atoms with E-state index in [1.807, 2.05) is 6.07 Å². The Bertz CT molecular complexity index is 355. The van der Waals surface area contributed by atoms with E-state index in [0.717, 1.165) is 18.4 Å². The van der Waals surface area contributed by atoms with Gasteiger partial charge in [-0.2, -0.15) is 0 Å². The van der Waals surface area contributed by atoms with Crippen LogP contribution in [0.4, 0.5) is 4.39 Å². The van der Waals surface area contributed by atoms with Crippen LogP contribution >= 0.6 is 0 Å². The average Bonchev–Trinajstić information content (AvgIpc) is 2.16. The first-order valence-electron chi connectivity index (χ1n) is 5.25. The summed E-state index contributed by atoms with van der Waals surface area (Å²) in [5, 5.41) is 0. The second kappa shape index (κ2) is 3.81. The normalized spacial score (nSPS) is 18.3. The number of methoxy groups -OCH3 is 1. The van der Waals surface area contributed by atoms with E-state index in [4.69, 9.17) is 10.5 Å². The molecule has 0 aromatic heterocycles. The Morgan fingerprint density at radius 1 is 1.40 bits per heavy atom. The predicted octanol–water partition coefficient (Wildman–Crippen LogP) is 2.21. The summed E-state index contributed by atoms with van der Waals surface area (Å²) >= 11 is 0. The molecule has 3 heteroatoms. The average molecular weight is 209 g/mol. The molecule has 2 N–H and O–H groups in total. The van der Waals surface area contributed by atoms with E-state index in [1.165, 1.54) is 12.5 Å². The molecule has 2 nitrogen and oxygen atoms in total. The molecule has 82 valence electrons. The lowest BCUT2D eigenvalue weighted by molar-refractivity contribution is 0.251. The Morgan fingerprint density at radius 3 is 2.60 bits per heavy atom. The Balaban J connectivity index is 2.38. The molecule has 0 atom stereocenters. The molecule has 1 aliphatic rings. The first kappa shape index (κ1) is 10.4. The number of hydrogen-bond donors (Lipinski definition) is 1. The summed E-state index contributed by atoms with van der Waals surface area (Å²) in [4.78, 5) is 0. The minimum Gasteiger partial charge on any atom is -0.497 e. The number of benzene rings is 1. The van der Waals surface area contributed by atoms with Gasteiger partial charge >= 0.3 is 0 Å². The van der Waals surface area contributed by atoms with Gasteiger partial charge in [-0.3, -0.25) is 0 Å². The Kier molecular flexibility index (Phi) is 2.65. The van der Waals surface area contributed by atoms with Crippen LogP contribution in [0.5, 0.6) is 5.75 Å². The topological polar surface area (TPSA) is 35.2 Å². The van der Waals surface area contributed by atoms with E-state index in [9.17, 15) is 4.39 Å². The standard InChI is InChI=1S/C12H16FNO/c1-15-11-6-9(5-10(13)7-11)12(8-14)3-2-4-12/h5-7H,2-4,8,14H2,1H3. The van der Waals surface area contributed by atoms with Crippen LogP contribution in [0, 0.1) is 5.82 Å². The number of halogens is 1. The highest BCUT2D eigenvalue weighted by atomic mass is 19.1. The lowest BCUT2D eigenvalue weighted by atomic mass is 9.64. The smallest absolute Gasteiger partial charge is 0.127 e. The van der Waals surface area contributed by atoms with Crippen molar-refractivity contribution in [3.05, 3.63) is 29.6 Å². The molecule has 1 saturated carbocycles. The van der Waals surface area contributed by atoms with Crippen LogP contribution in [-0.4, -0.2) is 13.7 Å². The molecule has 2 rings (SSSR count). The first-order valence-corrected chi connectivity index (χ1v) is 5.25. The third kappa shape index (κ3) is 1.72. The van der Waals surface area contributed by atoms with Gasteiger partial charge in [-0.15, -0.1) is 0 Å². The molecule has 1 aromatic carbocycles. The maximum atomic E-state index is 13.3. The highest BCUT2D eigenvalue weighted by Crippen LogP contribution is 2.43. The zero-order valence-electron chi connectivity index (χ0n) is 8.92. The minimum atomic E-state index is -0.246. The summed E-state index contributed by atoms with van der Waals surface area (Å²) in [7, 11) is 1.55. The molecule has 15 heavy (non-hydrogen) atoms. The highest BCUT2D eigenvalue weighted by Gasteiger charge is 2.37. The summed E-state index contributed by atoms with van der Waals surface area (Å²) in [5.74, 6) is 0.328. The Labute approximate surface area is 89.2 Å². The van der Waals surface area contributed by atoms with Crippen molar-refractivity contribution in [1.82, 2.24) is 0 Å². The van der Waals surface area contributed by atoms with Gasteiger partial charge in [0.1, 0.15) is 11.6 Å². The molecule has 0 bridgehead atoms. The largest absolute Gasteiger partial charge is 0.497 e. The van der Waals surface area contributed by atoms with E-state index in [0.29, 0.717) is 12.3 Å². The first-order chi connectivity index (χ1) is 7.20. The molecular formula is C12H16FNO. The Hall–Kier alpha value is -1.09. The third-order valence-corrected chi connectivity index (χ3v) is 3.42. The van der Waals surface area contributed by atoms with Gasteiger partial charge in [0.15, 0.2) is 0 Å². The van der Waals surface area contributed by atoms with Gasteiger partial charge in [0, 0.05) is 18.0 Å². The summed E-state index contributed by atoms with van der Waals surface area (Å²) in [6.45, 7) is 0.583. The second-order valence-corrected chi connectivity index (χ2v) is 4.22. The van der Waals surface area contributed by atoms with E-state index < -0.39 is 0 Å². The van der Waals surface area contributed by atoms with Crippen LogP contribution in [-0.2, 0) is 5.41 Å². The summed E-state index contributed by atoms with van der Waals surface area (Å²) < 4.78 is 18.4. The molecule has 1 fully saturated rings. The third-order valence-electron chi connectivity index (χ3n) is 3.42. The van der Waals surface area contributed by atoms with Crippen molar-refractivity contribution in [2.24, 2.45) is 5.73 Å².